The van der Waals surface area contributed by atoms with Crippen LogP contribution in [0.5, 0.6) is 0 Å². The van der Waals surface area contributed by atoms with Gasteiger partial charge in [0.15, 0.2) is 0 Å². The van der Waals surface area contributed by atoms with Gasteiger partial charge in [0, 0.05) is 25.2 Å². The van der Waals surface area contributed by atoms with Crippen molar-refractivity contribution in [3.63, 3.8) is 0 Å². The van der Waals surface area contributed by atoms with Gasteiger partial charge < -0.3 is 4.90 Å². The van der Waals surface area contributed by atoms with E-state index in [1.165, 1.54) is 9.56 Å². The largest absolute Gasteiger partial charge is 0.365 e. The van der Waals surface area contributed by atoms with Crippen LogP contribution in [0, 0.1) is 0 Å². The molecule has 0 atom stereocenters. The van der Waals surface area contributed by atoms with Crippen molar-refractivity contribution in [3.05, 3.63) is 37.1 Å². The number of aryl methyl sites for hydroxylation is 2. The number of rotatable bonds is 4. The first-order chi connectivity index (χ1) is 9.02. The summed E-state index contributed by atoms with van der Waals surface area (Å²) >= 11 is 5.03. The number of hydrogen-bond acceptors (Lipinski definition) is 5. The minimum atomic E-state index is -0.141. The molecule has 2 heterocycles. The van der Waals surface area contributed by atoms with Gasteiger partial charge in [-0.05, 0) is 22.4 Å². The predicted octanol–water partition coefficient (Wildman–Crippen LogP) is 2.20. The second kappa shape index (κ2) is 5.83. The molecule has 2 aromatic heterocycles. The van der Waals surface area contributed by atoms with Gasteiger partial charge in [-0.15, -0.1) is 11.3 Å². The molecule has 2 aromatic rings. The Morgan fingerprint density at radius 3 is 2.84 bits per heavy atom. The summed E-state index contributed by atoms with van der Waals surface area (Å²) in [6.07, 6.45) is 4.59. The van der Waals surface area contributed by atoms with Crippen LogP contribution >= 0.6 is 27.3 Å². The molecule has 0 aliphatic rings. The SMILES string of the molecule is CCc1cnc(CN(C)c2cnn(C)c(=O)c2Br)s1. The Balaban J connectivity index is 2.22. The molecular weight excluding hydrogens is 328 g/mol. The Morgan fingerprint density at radius 2 is 2.21 bits per heavy atom. The highest BCUT2D eigenvalue weighted by Gasteiger charge is 2.12. The van der Waals surface area contributed by atoms with Crippen LogP contribution in [0.2, 0.25) is 0 Å². The van der Waals surface area contributed by atoms with E-state index in [-0.39, 0.29) is 5.56 Å². The summed E-state index contributed by atoms with van der Waals surface area (Å²) in [6.45, 7) is 2.78. The van der Waals surface area contributed by atoms with Crippen LogP contribution in [0.1, 0.15) is 16.8 Å². The summed E-state index contributed by atoms with van der Waals surface area (Å²) in [7, 11) is 3.56. The van der Waals surface area contributed by atoms with Crippen molar-refractivity contribution in [2.45, 2.75) is 19.9 Å². The van der Waals surface area contributed by atoms with Crippen LogP contribution in [0.25, 0.3) is 0 Å². The molecule has 0 fully saturated rings. The first-order valence-electron chi connectivity index (χ1n) is 5.89. The van der Waals surface area contributed by atoms with E-state index in [1.54, 1.807) is 24.6 Å². The van der Waals surface area contributed by atoms with E-state index in [9.17, 15) is 4.79 Å². The fourth-order valence-electron chi connectivity index (χ4n) is 1.64. The first-order valence-corrected chi connectivity index (χ1v) is 7.50. The maximum atomic E-state index is 11.8. The van der Waals surface area contributed by atoms with Crippen molar-refractivity contribution in [1.82, 2.24) is 14.8 Å². The summed E-state index contributed by atoms with van der Waals surface area (Å²) in [5, 5.41) is 5.07. The Bertz CT molecular complexity index is 637. The average molecular weight is 343 g/mol. The zero-order chi connectivity index (χ0) is 14.0. The van der Waals surface area contributed by atoms with E-state index in [1.807, 2.05) is 18.1 Å². The van der Waals surface area contributed by atoms with Gasteiger partial charge in [0.1, 0.15) is 9.48 Å². The van der Waals surface area contributed by atoms with Crippen molar-refractivity contribution in [3.8, 4) is 0 Å². The van der Waals surface area contributed by atoms with Crippen LogP contribution in [0.3, 0.4) is 0 Å². The number of thiazole rings is 1. The predicted molar refractivity (Wildman–Crippen MR) is 80.8 cm³/mol. The van der Waals surface area contributed by atoms with Gasteiger partial charge in [0.05, 0.1) is 18.4 Å². The number of aromatic nitrogens is 3. The molecule has 19 heavy (non-hydrogen) atoms. The minimum Gasteiger partial charge on any atom is -0.365 e. The van der Waals surface area contributed by atoms with Crippen molar-refractivity contribution in [1.29, 1.82) is 0 Å². The Hall–Kier alpha value is -1.21. The summed E-state index contributed by atoms with van der Waals surface area (Å²) in [6, 6.07) is 0. The third-order valence-electron chi connectivity index (χ3n) is 2.79. The highest BCUT2D eigenvalue weighted by Crippen LogP contribution is 2.23. The maximum Gasteiger partial charge on any atom is 0.282 e. The molecule has 0 N–H and O–H groups in total. The van der Waals surface area contributed by atoms with Gasteiger partial charge in [0.25, 0.3) is 5.56 Å². The molecule has 102 valence electrons. The van der Waals surface area contributed by atoms with E-state index in [2.05, 4.69) is 32.9 Å². The van der Waals surface area contributed by atoms with E-state index in [0.29, 0.717) is 11.0 Å². The number of nitrogens with zero attached hydrogens (tertiary/aromatic N) is 4. The number of hydrogen-bond donors (Lipinski definition) is 0. The third-order valence-corrected chi connectivity index (χ3v) is 4.67. The van der Waals surface area contributed by atoms with Crippen molar-refractivity contribution < 1.29 is 0 Å². The van der Waals surface area contributed by atoms with Gasteiger partial charge in [-0.1, -0.05) is 6.92 Å². The lowest BCUT2D eigenvalue weighted by Gasteiger charge is -2.18. The quantitative estimate of drug-likeness (QED) is 0.854. The standard InChI is InChI=1S/C12H15BrN4OS/c1-4-8-5-14-10(19-8)7-16(2)9-6-15-17(3)12(18)11(9)13/h5-6H,4,7H2,1-3H3. The highest BCUT2D eigenvalue weighted by atomic mass is 79.9. The zero-order valence-electron chi connectivity index (χ0n) is 11.1. The molecule has 0 bridgehead atoms. The fraction of sp³-hybridized carbons (Fsp3) is 0.417. The molecule has 0 aliphatic carbocycles. The Labute approximate surface area is 124 Å². The maximum absolute atomic E-state index is 11.8. The van der Waals surface area contributed by atoms with E-state index in [4.69, 9.17) is 0 Å². The van der Waals surface area contributed by atoms with Crippen molar-refractivity contribution in [2.24, 2.45) is 7.05 Å². The van der Waals surface area contributed by atoms with Crippen LogP contribution in [-0.4, -0.2) is 21.8 Å². The van der Waals surface area contributed by atoms with Gasteiger partial charge in [-0.2, -0.15) is 5.10 Å². The topological polar surface area (TPSA) is 51.0 Å². The molecular formula is C12H15BrN4OS. The molecule has 0 aromatic carbocycles. The van der Waals surface area contributed by atoms with Crippen molar-refractivity contribution in [2.75, 3.05) is 11.9 Å². The van der Waals surface area contributed by atoms with E-state index >= 15 is 0 Å². The molecule has 0 unspecified atom stereocenters. The minimum absolute atomic E-state index is 0.141. The summed E-state index contributed by atoms with van der Waals surface area (Å²) in [5.74, 6) is 0. The third kappa shape index (κ3) is 3.03. The van der Waals surface area contributed by atoms with Crippen LogP contribution in [0.15, 0.2) is 21.7 Å². The van der Waals surface area contributed by atoms with E-state index in [0.717, 1.165) is 17.1 Å². The van der Waals surface area contributed by atoms with Gasteiger partial charge in [0.2, 0.25) is 0 Å². The zero-order valence-corrected chi connectivity index (χ0v) is 13.5. The smallest absolute Gasteiger partial charge is 0.282 e. The van der Waals surface area contributed by atoms with Gasteiger partial charge in [-0.25, -0.2) is 9.67 Å². The van der Waals surface area contributed by atoms with Crippen LogP contribution in [0.4, 0.5) is 5.69 Å². The van der Waals surface area contributed by atoms with Crippen LogP contribution < -0.4 is 10.5 Å². The fourth-order valence-corrected chi connectivity index (χ4v) is 3.22. The molecule has 2 rings (SSSR count). The highest BCUT2D eigenvalue weighted by molar-refractivity contribution is 9.10. The van der Waals surface area contributed by atoms with Gasteiger partial charge >= 0.3 is 0 Å². The molecule has 0 saturated carbocycles. The molecule has 0 amide bonds. The van der Waals surface area contributed by atoms with Crippen molar-refractivity contribution >= 4 is 33.0 Å². The molecule has 5 nitrogen and oxygen atoms in total. The lowest BCUT2D eigenvalue weighted by atomic mass is 10.4. The molecule has 0 radical (unpaired) electrons. The number of halogens is 1. The summed E-state index contributed by atoms with van der Waals surface area (Å²) in [5.41, 5.74) is 0.633. The Morgan fingerprint density at radius 1 is 1.47 bits per heavy atom. The molecule has 0 aliphatic heterocycles. The summed E-state index contributed by atoms with van der Waals surface area (Å²) in [4.78, 5) is 19.4. The molecule has 7 heteroatoms. The normalized spacial score (nSPS) is 10.7. The van der Waals surface area contributed by atoms with E-state index < -0.39 is 0 Å². The Kier molecular flexibility index (Phi) is 4.36. The number of anilines is 1. The lowest BCUT2D eigenvalue weighted by Crippen LogP contribution is -2.25. The first kappa shape index (κ1) is 14.2. The lowest BCUT2D eigenvalue weighted by molar-refractivity contribution is 0.698. The van der Waals surface area contributed by atoms with Crippen LogP contribution in [-0.2, 0) is 20.0 Å². The second-order valence-electron chi connectivity index (χ2n) is 4.20. The van der Waals surface area contributed by atoms with Gasteiger partial charge in [-0.3, -0.25) is 4.79 Å². The molecule has 0 spiro atoms. The molecule has 0 saturated heterocycles. The monoisotopic (exact) mass is 342 g/mol. The second-order valence-corrected chi connectivity index (χ2v) is 6.20. The average Bonchev–Trinajstić information content (AvgIpc) is 2.83. The summed E-state index contributed by atoms with van der Waals surface area (Å²) < 4.78 is 1.83.